The van der Waals surface area contributed by atoms with Crippen LogP contribution in [0, 0.1) is 5.82 Å². The van der Waals surface area contributed by atoms with Gasteiger partial charge in [-0.05, 0) is 6.07 Å². The van der Waals surface area contributed by atoms with Crippen LogP contribution in [-0.4, -0.2) is 15.0 Å². The second-order valence-electron chi connectivity index (χ2n) is 3.53. The highest BCUT2D eigenvalue weighted by molar-refractivity contribution is 7.87. The molecule has 1 aliphatic heterocycles. The summed E-state index contributed by atoms with van der Waals surface area (Å²) in [7, 11) is -3.78. The lowest BCUT2D eigenvalue weighted by molar-refractivity contribution is 0.261. The topological polar surface area (TPSA) is 81.4 Å². The number of rotatable bonds is 2. The molecule has 88 valence electrons. The van der Waals surface area contributed by atoms with Crippen molar-refractivity contribution in [1.82, 2.24) is 4.72 Å². The van der Waals surface area contributed by atoms with Gasteiger partial charge in [0.25, 0.3) is 10.2 Å². The Morgan fingerprint density at radius 3 is 2.94 bits per heavy atom. The minimum absolute atomic E-state index is 0.323. The van der Waals surface area contributed by atoms with Gasteiger partial charge in [0.2, 0.25) is 0 Å². The van der Waals surface area contributed by atoms with Crippen LogP contribution in [0.1, 0.15) is 18.0 Å². The van der Waals surface area contributed by atoms with Crippen molar-refractivity contribution in [2.75, 3.05) is 6.61 Å². The van der Waals surface area contributed by atoms with Crippen LogP contribution in [0.25, 0.3) is 0 Å². The van der Waals surface area contributed by atoms with Crippen molar-refractivity contribution in [3.8, 4) is 5.75 Å². The van der Waals surface area contributed by atoms with Gasteiger partial charge in [-0.3, -0.25) is 0 Å². The average Bonchev–Trinajstić information content (AvgIpc) is 2.15. The molecule has 0 bridgehead atoms. The van der Waals surface area contributed by atoms with Crippen LogP contribution in [0.3, 0.4) is 0 Å². The first-order valence-corrected chi connectivity index (χ1v) is 6.22. The molecule has 0 saturated heterocycles. The van der Waals surface area contributed by atoms with Crippen LogP contribution < -0.4 is 14.6 Å². The molecule has 0 amide bonds. The van der Waals surface area contributed by atoms with Gasteiger partial charge in [0.15, 0.2) is 0 Å². The van der Waals surface area contributed by atoms with Gasteiger partial charge in [-0.2, -0.15) is 13.1 Å². The summed E-state index contributed by atoms with van der Waals surface area (Å²) in [6, 6.07) is 3.52. The van der Waals surface area contributed by atoms with E-state index in [-0.39, 0.29) is 0 Å². The fourth-order valence-electron chi connectivity index (χ4n) is 1.68. The third kappa shape index (κ3) is 2.49. The summed E-state index contributed by atoms with van der Waals surface area (Å²) < 4.78 is 42.3. The van der Waals surface area contributed by atoms with Crippen LogP contribution >= 0.6 is 0 Å². The fourth-order valence-corrected chi connectivity index (χ4v) is 2.33. The summed E-state index contributed by atoms with van der Waals surface area (Å²) >= 11 is 0. The SMILES string of the molecule is NS(=O)(=O)N[C@H]1CCOc2cc(F)ccc21. The summed E-state index contributed by atoms with van der Waals surface area (Å²) in [5.41, 5.74) is 0.599. The van der Waals surface area contributed by atoms with E-state index in [9.17, 15) is 12.8 Å². The molecule has 1 aromatic rings. The maximum Gasteiger partial charge on any atom is 0.274 e. The number of nitrogens with two attached hydrogens (primary N) is 1. The summed E-state index contributed by atoms with van der Waals surface area (Å²) in [6.45, 7) is 0.323. The van der Waals surface area contributed by atoms with E-state index in [4.69, 9.17) is 9.88 Å². The van der Waals surface area contributed by atoms with Crippen molar-refractivity contribution in [2.24, 2.45) is 5.14 Å². The van der Waals surface area contributed by atoms with E-state index in [1.165, 1.54) is 18.2 Å². The van der Waals surface area contributed by atoms with Crippen LogP contribution in [-0.2, 0) is 10.2 Å². The highest BCUT2D eigenvalue weighted by atomic mass is 32.2. The second-order valence-corrected chi connectivity index (χ2v) is 4.86. The molecule has 0 spiro atoms. The van der Waals surface area contributed by atoms with Crippen molar-refractivity contribution in [3.63, 3.8) is 0 Å². The Kier molecular flexibility index (Phi) is 2.83. The second kappa shape index (κ2) is 4.00. The number of halogens is 1. The van der Waals surface area contributed by atoms with E-state index in [1.807, 2.05) is 0 Å². The third-order valence-electron chi connectivity index (χ3n) is 2.32. The summed E-state index contributed by atoms with van der Waals surface area (Å²) in [4.78, 5) is 0. The van der Waals surface area contributed by atoms with E-state index in [1.54, 1.807) is 0 Å². The lowest BCUT2D eigenvalue weighted by atomic mass is 10.0. The van der Waals surface area contributed by atoms with Crippen molar-refractivity contribution >= 4 is 10.2 Å². The lowest BCUT2D eigenvalue weighted by Gasteiger charge is -2.25. The predicted octanol–water partition coefficient (Wildman–Crippen LogP) is 0.442. The van der Waals surface area contributed by atoms with Crippen molar-refractivity contribution in [3.05, 3.63) is 29.6 Å². The minimum atomic E-state index is -3.78. The molecule has 7 heteroatoms. The van der Waals surface area contributed by atoms with E-state index >= 15 is 0 Å². The van der Waals surface area contributed by atoms with Gasteiger partial charge in [0.05, 0.1) is 12.6 Å². The number of ether oxygens (including phenoxy) is 1. The van der Waals surface area contributed by atoms with Crippen LogP contribution in [0.15, 0.2) is 18.2 Å². The average molecular weight is 246 g/mol. The number of fused-ring (bicyclic) bond motifs is 1. The molecule has 1 aliphatic rings. The molecule has 1 atom stereocenters. The van der Waals surface area contributed by atoms with Gasteiger partial charge in [0, 0.05) is 18.1 Å². The van der Waals surface area contributed by atoms with Gasteiger partial charge in [-0.1, -0.05) is 6.07 Å². The van der Waals surface area contributed by atoms with Crippen LogP contribution in [0.2, 0.25) is 0 Å². The third-order valence-corrected chi connectivity index (χ3v) is 2.93. The Balaban J connectivity index is 2.33. The van der Waals surface area contributed by atoms with Gasteiger partial charge in [-0.25, -0.2) is 9.53 Å². The Labute approximate surface area is 92.6 Å². The van der Waals surface area contributed by atoms with Crippen molar-refractivity contribution in [2.45, 2.75) is 12.5 Å². The maximum absolute atomic E-state index is 12.9. The van der Waals surface area contributed by atoms with Gasteiger partial charge < -0.3 is 4.74 Å². The summed E-state index contributed by atoms with van der Waals surface area (Å²) in [5.74, 6) is -0.0672. The highest BCUT2D eigenvalue weighted by Gasteiger charge is 2.24. The molecular formula is C9H11FN2O3S. The molecular weight excluding hydrogens is 235 g/mol. The standard InChI is InChI=1S/C9H11FN2O3S/c10-6-1-2-7-8(12-16(11,13)14)3-4-15-9(7)5-6/h1-2,5,8,12H,3-4H2,(H2,11,13,14)/t8-/m0/s1. The Morgan fingerprint density at radius 1 is 1.50 bits per heavy atom. The Hall–Kier alpha value is -1.18. The van der Waals surface area contributed by atoms with Gasteiger partial charge >= 0.3 is 0 Å². The molecule has 0 saturated carbocycles. The first-order valence-electron chi connectivity index (χ1n) is 4.68. The monoisotopic (exact) mass is 246 g/mol. The fraction of sp³-hybridized carbons (Fsp3) is 0.333. The van der Waals surface area contributed by atoms with Crippen molar-refractivity contribution < 1.29 is 17.5 Å². The predicted molar refractivity (Wildman–Crippen MR) is 55.5 cm³/mol. The highest BCUT2D eigenvalue weighted by Crippen LogP contribution is 2.32. The molecule has 0 unspecified atom stereocenters. The smallest absolute Gasteiger partial charge is 0.274 e. The van der Waals surface area contributed by atoms with Crippen LogP contribution in [0.5, 0.6) is 5.75 Å². The van der Waals surface area contributed by atoms with E-state index in [0.29, 0.717) is 24.3 Å². The largest absolute Gasteiger partial charge is 0.493 e. The first kappa shape index (κ1) is 11.3. The number of benzene rings is 1. The lowest BCUT2D eigenvalue weighted by Crippen LogP contribution is -2.36. The summed E-state index contributed by atoms with van der Waals surface area (Å²) in [5, 5.41) is 4.90. The zero-order chi connectivity index (χ0) is 11.8. The number of hydrogen-bond acceptors (Lipinski definition) is 3. The quantitative estimate of drug-likeness (QED) is 0.794. The molecule has 0 radical (unpaired) electrons. The maximum atomic E-state index is 12.9. The molecule has 0 fully saturated rings. The molecule has 3 N–H and O–H groups in total. The normalized spacial score (nSPS) is 20.0. The van der Waals surface area contributed by atoms with Gasteiger partial charge in [-0.15, -0.1) is 0 Å². The molecule has 16 heavy (non-hydrogen) atoms. The van der Waals surface area contributed by atoms with Gasteiger partial charge in [0.1, 0.15) is 11.6 Å². The van der Waals surface area contributed by atoms with E-state index < -0.39 is 22.1 Å². The Morgan fingerprint density at radius 2 is 2.25 bits per heavy atom. The molecule has 1 heterocycles. The minimum Gasteiger partial charge on any atom is -0.493 e. The van der Waals surface area contributed by atoms with Crippen LogP contribution in [0.4, 0.5) is 4.39 Å². The van der Waals surface area contributed by atoms with Crippen molar-refractivity contribution in [1.29, 1.82) is 0 Å². The van der Waals surface area contributed by atoms with E-state index in [2.05, 4.69) is 4.72 Å². The summed E-state index contributed by atoms with van der Waals surface area (Å²) in [6.07, 6.45) is 0.467. The molecule has 0 aliphatic carbocycles. The molecule has 1 aromatic carbocycles. The van der Waals surface area contributed by atoms with E-state index in [0.717, 1.165) is 0 Å². The zero-order valence-electron chi connectivity index (χ0n) is 8.31. The molecule has 0 aromatic heterocycles. The Bertz CT molecular complexity index is 503. The zero-order valence-corrected chi connectivity index (χ0v) is 9.13. The molecule has 5 nitrogen and oxygen atoms in total. The molecule has 2 rings (SSSR count). The first-order chi connectivity index (χ1) is 7.46. The number of nitrogens with one attached hydrogen (secondary N) is 1. The number of hydrogen-bond donors (Lipinski definition) is 2.